The van der Waals surface area contributed by atoms with Crippen LogP contribution in [0.15, 0.2) is 0 Å². The molecule has 1 N–H and O–H groups in total. The fraction of sp³-hybridized carbons (Fsp3) is 0.900. The van der Waals surface area contributed by atoms with Crippen molar-refractivity contribution in [2.45, 2.75) is 32.2 Å². The van der Waals surface area contributed by atoms with Crippen molar-refractivity contribution in [3.63, 3.8) is 0 Å². The Hall–Kier alpha value is -0.220. The summed E-state index contributed by atoms with van der Waals surface area (Å²) >= 11 is 3.93. The monoisotopic (exact) mass is 216 g/mol. The fourth-order valence-electron chi connectivity index (χ4n) is 1.90. The molecule has 1 aliphatic heterocycles. The standard InChI is InChI=1S/C10H20N2OS/c1-9(11-10(13)8-14)7-12-5-3-2-4-6-12/h9,14H,2-8H2,1H3,(H,11,13). The van der Waals surface area contributed by atoms with E-state index in [2.05, 4.69) is 29.8 Å². The van der Waals surface area contributed by atoms with Crippen molar-refractivity contribution in [1.29, 1.82) is 0 Å². The Morgan fingerprint density at radius 2 is 2.07 bits per heavy atom. The first-order chi connectivity index (χ1) is 6.72. The normalized spacial score (nSPS) is 20.4. The van der Waals surface area contributed by atoms with Crippen molar-refractivity contribution >= 4 is 18.5 Å². The maximum Gasteiger partial charge on any atom is 0.229 e. The van der Waals surface area contributed by atoms with Gasteiger partial charge in [-0.05, 0) is 32.9 Å². The fourth-order valence-corrected chi connectivity index (χ4v) is 1.99. The summed E-state index contributed by atoms with van der Waals surface area (Å²) in [7, 11) is 0. The van der Waals surface area contributed by atoms with E-state index in [-0.39, 0.29) is 17.7 Å². The molecule has 1 amide bonds. The number of thiol groups is 1. The van der Waals surface area contributed by atoms with Crippen LogP contribution in [0, 0.1) is 0 Å². The zero-order valence-corrected chi connectivity index (χ0v) is 9.72. The average molecular weight is 216 g/mol. The van der Waals surface area contributed by atoms with Crippen molar-refractivity contribution in [1.82, 2.24) is 10.2 Å². The maximum absolute atomic E-state index is 11.1. The highest BCUT2D eigenvalue weighted by atomic mass is 32.1. The third-order valence-corrected chi connectivity index (χ3v) is 2.82. The Morgan fingerprint density at radius 1 is 1.43 bits per heavy atom. The highest BCUT2D eigenvalue weighted by Gasteiger charge is 2.13. The zero-order valence-electron chi connectivity index (χ0n) is 8.83. The Bertz CT molecular complexity index is 181. The van der Waals surface area contributed by atoms with E-state index in [1.54, 1.807) is 0 Å². The first-order valence-corrected chi connectivity index (χ1v) is 5.98. The molecule has 0 radical (unpaired) electrons. The number of piperidine rings is 1. The van der Waals surface area contributed by atoms with E-state index in [1.165, 1.54) is 32.4 Å². The SMILES string of the molecule is CC(CN1CCCCC1)NC(=O)CS. The van der Waals surface area contributed by atoms with E-state index in [9.17, 15) is 4.79 Å². The average Bonchev–Trinajstić information content (AvgIpc) is 2.19. The van der Waals surface area contributed by atoms with Crippen LogP contribution in [0.1, 0.15) is 26.2 Å². The van der Waals surface area contributed by atoms with Gasteiger partial charge < -0.3 is 10.2 Å². The third-order valence-electron chi connectivity index (χ3n) is 2.53. The Balaban J connectivity index is 2.18. The molecule has 1 atom stereocenters. The molecule has 0 spiro atoms. The lowest BCUT2D eigenvalue weighted by molar-refractivity contribution is -0.119. The highest BCUT2D eigenvalue weighted by molar-refractivity contribution is 7.81. The van der Waals surface area contributed by atoms with Gasteiger partial charge in [-0.2, -0.15) is 12.6 Å². The molecule has 1 rings (SSSR count). The van der Waals surface area contributed by atoms with Gasteiger partial charge in [-0.3, -0.25) is 4.79 Å². The molecule has 1 fully saturated rings. The van der Waals surface area contributed by atoms with Crippen LogP contribution in [0.25, 0.3) is 0 Å². The first kappa shape index (κ1) is 11.9. The molecule has 1 heterocycles. The van der Waals surface area contributed by atoms with Crippen LogP contribution in [-0.2, 0) is 4.79 Å². The second-order valence-corrected chi connectivity index (χ2v) is 4.30. The number of carbonyl (C=O) groups excluding carboxylic acids is 1. The van der Waals surface area contributed by atoms with Crippen LogP contribution in [0.4, 0.5) is 0 Å². The molecule has 14 heavy (non-hydrogen) atoms. The van der Waals surface area contributed by atoms with Crippen molar-refractivity contribution in [2.75, 3.05) is 25.4 Å². The summed E-state index contributed by atoms with van der Waals surface area (Å²) in [5, 5.41) is 2.92. The maximum atomic E-state index is 11.1. The van der Waals surface area contributed by atoms with E-state index >= 15 is 0 Å². The molecule has 82 valence electrons. The molecule has 4 heteroatoms. The molecule has 0 aliphatic carbocycles. The molecular formula is C10H20N2OS. The second-order valence-electron chi connectivity index (χ2n) is 3.99. The van der Waals surface area contributed by atoms with Crippen LogP contribution in [0.5, 0.6) is 0 Å². The zero-order chi connectivity index (χ0) is 10.4. The van der Waals surface area contributed by atoms with Crippen molar-refractivity contribution < 1.29 is 4.79 Å². The molecular weight excluding hydrogens is 196 g/mol. The van der Waals surface area contributed by atoms with Crippen LogP contribution in [0.3, 0.4) is 0 Å². The van der Waals surface area contributed by atoms with Crippen LogP contribution in [-0.4, -0.2) is 42.2 Å². The molecule has 0 aromatic heterocycles. The van der Waals surface area contributed by atoms with Crippen molar-refractivity contribution in [3.8, 4) is 0 Å². The number of hydrogen-bond donors (Lipinski definition) is 2. The summed E-state index contributed by atoms with van der Waals surface area (Å²) in [6, 6.07) is 0.243. The molecule has 0 aromatic rings. The molecule has 0 aromatic carbocycles. The number of rotatable bonds is 4. The molecule has 0 bridgehead atoms. The number of amides is 1. The lowest BCUT2D eigenvalue weighted by Gasteiger charge is -2.29. The van der Waals surface area contributed by atoms with E-state index in [0.29, 0.717) is 0 Å². The lowest BCUT2D eigenvalue weighted by Crippen LogP contribution is -2.44. The van der Waals surface area contributed by atoms with E-state index in [1.807, 2.05) is 0 Å². The van der Waals surface area contributed by atoms with Crippen molar-refractivity contribution in [2.24, 2.45) is 0 Å². The van der Waals surface area contributed by atoms with Gasteiger partial charge in [0.1, 0.15) is 0 Å². The highest BCUT2D eigenvalue weighted by Crippen LogP contribution is 2.08. The summed E-state index contributed by atoms with van der Waals surface area (Å²) in [6.07, 6.45) is 3.95. The van der Waals surface area contributed by atoms with Gasteiger partial charge >= 0.3 is 0 Å². The van der Waals surface area contributed by atoms with Gasteiger partial charge in [-0.25, -0.2) is 0 Å². The minimum absolute atomic E-state index is 0.0258. The number of likely N-dealkylation sites (tertiary alicyclic amines) is 1. The largest absolute Gasteiger partial charge is 0.352 e. The molecule has 3 nitrogen and oxygen atoms in total. The topological polar surface area (TPSA) is 32.3 Å². The number of nitrogens with zero attached hydrogens (tertiary/aromatic N) is 1. The van der Waals surface area contributed by atoms with Crippen molar-refractivity contribution in [3.05, 3.63) is 0 Å². The number of carbonyl (C=O) groups is 1. The number of nitrogens with one attached hydrogen (secondary N) is 1. The Kier molecular flexibility index (Phi) is 5.33. The summed E-state index contributed by atoms with van der Waals surface area (Å²) in [5.41, 5.74) is 0. The van der Waals surface area contributed by atoms with Crippen LogP contribution < -0.4 is 5.32 Å². The molecule has 0 saturated carbocycles. The van der Waals surface area contributed by atoms with Gasteiger partial charge in [0.25, 0.3) is 0 Å². The predicted molar refractivity (Wildman–Crippen MR) is 61.7 cm³/mol. The Morgan fingerprint density at radius 3 is 2.64 bits per heavy atom. The smallest absolute Gasteiger partial charge is 0.229 e. The molecule has 1 unspecified atom stereocenters. The van der Waals surface area contributed by atoms with Gasteiger partial charge in [0.2, 0.25) is 5.91 Å². The van der Waals surface area contributed by atoms with Crippen LogP contribution >= 0.6 is 12.6 Å². The van der Waals surface area contributed by atoms with Gasteiger partial charge in [0, 0.05) is 12.6 Å². The number of hydrogen-bond acceptors (Lipinski definition) is 3. The minimum atomic E-state index is 0.0258. The van der Waals surface area contributed by atoms with E-state index in [0.717, 1.165) is 6.54 Å². The van der Waals surface area contributed by atoms with E-state index < -0.39 is 0 Å². The van der Waals surface area contributed by atoms with Gasteiger partial charge in [-0.15, -0.1) is 0 Å². The summed E-state index contributed by atoms with van der Waals surface area (Å²) in [6.45, 7) is 5.39. The third kappa shape index (κ3) is 4.33. The van der Waals surface area contributed by atoms with Gasteiger partial charge in [-0.1, -0.05) is 6.42 Å². The summed E-state index contributed by atoms with van der Waals surface area (Å²) in [4.78, 5) is 13.5. The summed E-state index contributed by atoms with van der Waals surface area (Å²) < 4.78 is 0. The summed E-state index contributed by atoms with van der Waals surface area (Å²) in [5.74, 6) is 0.308. The predicted octanol–water partition coefficient (Wildman–Crippen LogP) is 0.907. The minimum Gasteiger partial charge on any atom is -0.352 e. The lowest BCUT2D eigenvalue weighted by atomic mass is 10.1. The first-order valence-electron chi connectivity index (χ1n) is 5.35. The Labute approximate surface area is 91.6 Å². The van der Waals surface area contributed by atoms with E-state index in [4.69, 9.17) is 0 Å². The second kappa shape index (κ2) is 6.30. The molecule has 1 saturated heterocycles. The van der Waals surface area contributed by atoms with Gasteiger partial charge in [0.05, 0.1) is 5.75 Å². The van der Waals surface area contributed by atoms with Gasteiger partial charge in [0.15, 0.2) is 0 Å². The quantitative estimate of drug-likeness (QED) is 0.685. The molecule has 1 aliphatic rings. The van der Waals surface area contributed by atoms with Crippen LogP contribution in [0.2, 0.25) is 0 Å².